The molecule has 30 heavy (non-hydrogen) atoms. The highest BCUT2D eigenvalue weighted by atomic mass is 32.2. The van der Waals surface area contributed by atoms with E-state index in [0.29, 0.717) is 29.9 Å². The van der Waals surface area contributed by atoms with E-state index in [-0.39, 0.29) is 34.3 Å². The predicted octanol–water partition coefficient (Wildman–Crippen LogP) is 1.35. The number of esters is 1. The number of aromatic nitrogens is 1. The molecule has 10 heteroatoms. The van der Waals surface area contributed by atoms with Gasteiger partial charge in [-0.3, -0.25) is 9.59 Å². The fraction of sp³-hybridized carbons (Fsp3) is 0.350. The number of fused-ring (bicyclic) bond motifs is 1. The minimum atomic E-state index is -3.58. The Morgan fingerprint density at radius 1 is 1.27 bits per heavy atom. The largest absolute Gasteiger partial charge is 0.465 e. The van der Waals surface area contributed by atoms with E-state index in [9.17, 15) is 22.8 Å². The van der Waals surface area contributed by atoms with Gasteiger partial charge in [0.25, 0.3) is 0 Å². The summed E-state index contributed by atoms with van der Waals surface area (Å²) >= 11 is 0. The number of nitrogens with zero attached hydrogens (tertiary/aromatic N) is 1. The zero-order valence-corrected chi connectivity index (χ0v) is 18.0. The maximum absolute atomic E-state index is 13.0. The number of H-pyrrole nitrogens is 1. The van der Waals surface area contributed by atoms with Crippen molar-refractivity contribution in [2.75, 3.05) is 25.6 Å². The third-order valence-corrected chi connectivity index (χ3v) is 6.64. The number of ketones is 1. The van der Waals surface area contributed by atoms with Gasteiger partial charge in [0.15, 0.2) is 5.78 Å². The fourth-order valence-corrected chi connectivity index (χ4v) is 4.47. The summed E-state index contributed by atoms with van der Waals surface area (Å²) in [5, 5.41) is 0. The van der Waals surface area contributed by atoms with Crippen LogP contribution in [0.5, 0.6) is 0 Å². The molecule has 0 fully saturated rings. The van der Waals surface area contributed by atoms with E-state index in [4.69, 9.17) is 4.74 Å². The zero-order valence-electron chi connectivity index (χ0n) is 17.2. The lowest BCUT2D eigenvalue weighted by Gasteiger charge is -2.17. The highest BCUT2D eigenvalue weighted by molar-refractivity contribution is 7.89. The van der Waals surface area contributed by atoms with Crippen molar-refractivity contribution in [2.45, 2.75) is 31.6 Å². The molecule has 2 heterocycles. The SMILES string of the molecule is CNS(=O)(=O)c1ccc2c(c1)CCN2C(=O)Cc1[nH]c(C(C)=O)c(C)c1C(=O)OC. The molecule has 1 amide bonds. The van der Waals surface area contributed by atoms with Crippen molar-refractivity contribution >= 4 is 33.4 Å². The second kappa shape index (κ2) is 8.04. The van der Waals surface area contributed by atoms with Crippen LogP contribution in [-0.2, 0) is 32.4 Å². The number of nitrogens with one attached hydrogen (secondary N) is 2. The molecule has 0 saturated carbocycles. The summed E-state index contributed by atoms with van der Waals surface area (Å²) in [5.74, 6) is -1.15. The third kappa shape index (κ3) is 3.75. The number of ether oxygens (including phenoxy) is 1. The van der Waals surface area contributed by atoms with Gasteiger partial charge in [-0.2, -0.15) is 0 Å². The molecule has 2 N–H and O–H groups in total. The molecule has 160 valence electrons. The van der Waals surface area contributed by atoms with Crippen LogP contribution in [0.4, 0.5) is 5.69 Å². The number of amides is 1. The average Bonchev–Trinajstić information content (AvgIpc) is 3.28. The number of rotatable bonds is 6. The molecule has 9 nitrogen and oxygen atoms in total. The van der Waals surface area contributed by atoms with E-state index in [2.05, 4.69) is 9.71 Å². The highest BCUT2D eigenvalue weighted by Gasteiger charge is 2.29. The molecule has 2 aromatic rings. The van der Waals surface area contributed by atoms with Gasteiger partial charge < -0.3 is 14.6 Å². The Kier molecular flexibility index (Phi) is 5.82. The lowest BCUT2D eigenvalue weighted by atomic mass is 10.1. The number of carbonyl (C=O) groups is 3. The van der Waals surface area contributed by atoms with Gasteiger partial charge in [-0.05, 0) is 49.7 Å². The number of methoxy groups -OCH3 is 1. The molecule has 0 aliphatic carbocycles. The van der Waals surface area contributed by atoms with E-state index in [1.54, 1.807) is 24.0 Å². The molecule has 1 aliphatic heterocycles. The molecule has 0 radical (unpaired) electrons. The van der Waals surface area contributed by atoms with Crippen LogP contribution in [0.1, 0.15) is 44.6 Å². The molecule has 1 aromatic carbocycles. The van der Waals surface area contributed by atoms with Gasteiger partial charge in [0.2, 0.25) is 15.9 Å². The van der Waals surface area contributed by atoms with Crippen molar-refractivity contribution in [3.8, 4) is 0 Å². The Balaban J connectivity index is 1.92. The highest BCUT2D eigenvalue weighted by Crippen LogP contribution is 2.31. The summed E-state index contributed by atoms with van der Waals surface area (Å²) in [7, 11) is -1.00. The molecule has 1 aliphatic rings. The normalized spacial score (nSPS) is 13.3. The van der Waals surface area contributed by atoms with Gasteiger partial charge in [0.1, 0.15) is 0 Å². The Labute approximate surface area is 174 Å². The Morgan fingerprint density at radius 2 is 1.97 bits per heavy atom. The molecule has 0 bridgehead atoms. The number of anilines is 1. The number of benzene rings is 1. The second-order valence-corrected chi connectivity index (χ2v) is 8.88. The zero-order chi connectivity index (χ0) is 22.2. The van der Waals surface area contributed by atoms with E-state index in [1.165, 1.54) is 27.1 Å². The summed E-state index contributed by atoms with van der Waals surface area (Å²) < 4.78 is 31.1. The summed E-state index contributed by atoms with van der Waals surface area (Å²) in [6.07, 6.45) is 0.384. The minimum Gasteiger partial charge on any atom is -0.465 e. The number of hydrogen-bond acceptors (Lipinski definition) is 6. The summed E-state index contributed by atoms with van der Waals surface area (Å²) in [6.45, 7) is 3.39. The van der Waals surface area contributed by atoms with E-state index >= 15 is 0 Å². The Morgan fingerprint density at radius 3 is 2.57 bits per heavy atom. The first-order chi connectivity index (χ1) is 14.1. The van der Waals surface area contributed by atoms with E-state index in [0.717, 1.165) is 5.56 Å². The number of Topliss-reactive ketones (excluding diaryl/α,β-unsaturated/α-hetero) is 1. The first kappa shape index (κ1) is 21.7. The first-order valence-corrected chi connectivity index (χ1v) is 10.8. The molecular formula is C20H23N3O6S. The molecule has 0 spiro atoms. The fourth-order valence-electron chi connectivity index (χ4n) is 3.69. The molecular weight excluding hydrogens is 410 g/mol. The maximum Gasteiger partial charge on any atom is 0.339 e. The Hall–Kier alpha value is -2.98. The van der Waals surface area contributed by atoms with Gasteiger partial charge in [0, 0.05) is 24.8 Å². The molecule has 1 aromatic heterocycles. The lowest BCUT2D eigenvalue weighted by Crippen LogP contribution is -2.31. The average molecular weight is 433 g/mol. The minimum absolute atomic E-state index is 0.130. The van der Waals surface area contributed by atoms with Crippen LogP contribution in [0.3, 0.4) is 0 Å². The Bertz CT molecular complexity index is 1150. The number of carbonyl (C=O) groups excluding carboxylic acids is 3. The van der Waals surface area contributed by atoms with E-state index < -0.39 is 16.0 Å². The van der Waals surface area contributed by atoms with Crippen LogP contribution in [-0.4, -0.2) is 51.8 Å². The number of aromatic amines is 1. The first-order valence-electron chi connectivity index (χ1n) is 9.28. The van der Waals surface area contributed by atoms with Crippen molar-refractivity contribution in [2.24, 2.45) is 0 Å². The van der Waals surface area contributed by atoms with Crippen LogP contribution >= 0.6 is 0 Å². The lowest BCUT2D eigenvalue weighted by molar-refractivity contribution is -0.117. The predicted molar refractivity (Wildman–Crippen MR) is 109 cm³/mol. The van der Waals surface area contributed by atoms with Crippen molar-refractivity contribution in [1.29, 1.82) is 0 Å². The van der Waals surface area contributed by atoms with Crippen LogP contribution in [0.25, 0.3) is 0 Å². The monoisotopic (exact) mass is 433 g/mol. The van der Waals surface area contributed by atoms with Crippen LogP contribution in [0.2, 0.25) is 0 Å². The van der Waals surface area contributed by atoms with Crippen molar-refractivity contribution in [3.05, 3.63) is 46.3 Å². The van der Waals surface area contributed by atoms with Gasteiger partial charge in [0.05, 0.1) is 29.7 Å². The van der Waals surface area contributed by atoms with Gasteiger partial charge in [-0.1, -0.05) is 0 Å². The molecule has 0 unspecified atom stereocenters. The number of hydrogen-bond donors (Lipinski definition) is 2. The maximum atomic E-state index is 13.0. The van der Waals surface area contributed by atoms with Crippen molar-refractivity contribution in [1.82, 2.24) is 9.71 Å². The second-order valence-electron chi connectivity index (χ2n) is 7.00. The van der Waals surface area contributed by atoms with Crippen LogP contribution < -0.4 is 9.62 Å². The van der Waals surface area contributed by atoms with Crippen LogP contribution in [0.15, 0.2) is 23.1 Å². The summed E-state index contributed by atoms with van der Waals surface area (Å²) in [5.41, 5.74) is 2.59. The van der Waals surface area contributed by atoms with E-state index in [1.807, 2.05) is 0 Å². The van der Waals surface area contributed by atoms with Gasteiger partial charge >= 0.3 is 5.97 Å². The third-order valence-electron chi connectivity index (χ3n) is 5.22. The van der Waals surface area contributed by atoms with Crippen molar-refractivity contribution in [3.63, 3.8) is 0 Å². The summed E-state index contributed by atoms with van der Waals surface area (Å²) in [6, 6.07) is 4.61. The van der Waals surface area contributed by atoms with Gasteiger partial charge in [-0.15, -0.1) is 0 Å². The molecule has 3 rings (SSSR count). The molecule has 0 saturated heterocycles. The number of sulfonamides is 1. The van der Waals surface area contributed by atoms with Crippen molar-refractivity contribution < 1.29 is 27.5 Å². The van der Waals surface area contributed by atoms with Crippen LogP contribution in [0, 0.1) is 6.92 Å². The quantitative estimate of drug-likeness (QED) is 0.523. The standard InChI is InChI=1S/C20H23N3O6S/c1-11-18(20(26)29-4)15(22-19(11)12(2)24)10-17(25)23-8-7-13-9-14(5-6-16(13)23)30(27,28)21-3/h5-6,9,21-22H,7-8,10H2,1-4H3. The summed E-state index contributed by atoms with van der Waals surface area (Å²) in [4.78, 5) is 41.7. The molecule has 0 atom stereocenters. The topological polar surface area (TPSA) is 126 Å². The van der Waals surface area contributed by atoms with Gasteiger partial charge in [-0.25, -0.2) is 17.9 Å². The smallest absolute Gasteiger partial charge is 0.339 e.